The highest BCUT2D eigenvalue weighted by Gasteiger charge is 2.20. The number of nitrogens with one attached hydrogen (secondary N) is 6. The van der Waals surface area contributed by atoms with Crippen molar-refractivity contribution in [2.75, 3.05) is 91.6 Å². The molecule has 0 unspecified atom stereocenters. The monoisotopic (exact) mass is 1340 g/mol. The Morgan fingerprint density at radius 2 is 0.495 bits per heavy atom. The van der Waals surface area contributed by atoms with Gasteiger partial charge >= 0.3 is 0 Å². The molecule has 0 heterocycles. The molecule has 0 aromatic heterocycles. The molecular formula is C82H164N8O5. The van der Waals surface area contributed by atoms with Gasteiger partial charge in [-0.15, -0.1) is 0 Å². The van der Waals surface area contributed by atoms with Crippen molar-refractivity contribution in [2.45, 2.75) is 401 Å². The van der Waals surface area contributed by atoms with Crippen molar-refractivity contribution in [1.82, 2.24) is 41.7 Å². The molecule has 0 aliphatic heterocycles. The summed E-state index contributed by atoms with van der Waals surface area (Å²) in [7, 11) is 0. The van der Waals surface area contributed by atoms with Crippen LogP contribution in [0.25, 0.3) is 0 Å². The first-order valence-corrected chi connectivity index (χ1v) is 42.1. The zero-order chi connectivity index (χ0) is 69.1. The second kappa shape index (κ2) is 77.1. The molecular weight excluding hydrogens is 1180 g/mol. The second-order valence-corrected chi connectivity index (χ2v) is 29.2. The third kappa shape index (κ3) is 72.5. The molecule has 0 rings (SSSR count). The first kappa shape index (κ1) is 92.4. The zero-order valence-electron chi connectivity index (χ0n) is 64.2. The van der Waals surface area contributed by atoms with E-state index in [1.54, 1.807) is 0 Å². The number of amides is 4. The molecule has 13 heteroatoms. The molecule has 0 aromatic carbocycles. The van der Waals surface area contributed by atoms with Gasteiger partial charge in [0.15, 0.2) is 5.78 Å². The zero-order valence-corrected chi connectivity index (χ0v) is 64.2. The summed E-state index contributed by atoms with van der Waals surface area (Å²) in [6, 6.07) is 0. The number of carbonyl (C=O) groups excluding carboxylic acids is 5. The fourth-order valence-electron chi connectivity index (χ4n) is 13.3. The predicted molar refractivity (Wildman–Crippen MR) is 411 cm³/mol. The average molecular weight is 1340 g/mol. The average Bonchev–Trinajstić information content (AvgIpc) is 3.78. The van der Waals surface area contributed by atoms with Crippen molar-refractivity contribution in [3.63, 3.8) is 0 Å². The maximum Gasteiger partial charge on any atom is 0.234 e. The third-order valence-electron chi connectivity index (χ3n) is 19.5. The van der Waals surface area contributed by atoms with Gasteiger partial charge in [0.2, 0.25) is 23.6 Å². The number of rotatable bonds is 80. The van der Waals surface area contributed by atoms with Crippen LogP contribution >= 0.6 is 0 Å². The Morgan fingerprint density at radius 3 is 0.832 bits per heavy atom. The van der Waals surface area contributed by atoms with Gasteiger partial charge in [-0.25, -0.2) is 0 Å². The third-order valence-corrected chi connectivity index (χ3v) is 19.5. The van der Waals surface area contributed by atoms with Gasteiger partial charge in [-0.05, 0) is 103 Å². The van der Waals surface area contributed by atoms with Gasteiger partial charge in [-0.2, -0.15) is 0 Å². The van der Waals surface area contributed by atoms with Crippen LogP contribution in [-0.2, 0) is 24.0 Å². The number of nitrogens with zero attached hydrogens (tertiary/aromatic N) is 2. The van der Waals surface area contributed by atoms with Gasteiger partial charge in [0.1, 0.15) is 0 Å². The molecule has 95 heavy (non-hydrogen) atoms. The Morgan fingerprint density at radius 1 is 0.242 bits per heavy atom. The molecule has 13 nitrogen and oxygen atoms in total. The highest BCUT2D eigenvalue weighted by molar-refractivity contribution is 5.82. The highest BCUT2D eigenvalue weighted by Crippen LogP contribution is 2.19. The van der Waals surface area contributed by atoms with Gasteiger partial charge in [0.25, 0.3) is 0 Å². The van der Waals surface area contributed by atoms with Crippen molar-refractivity contribution < 1.29 is 24.0 Å². The standard InChI is InChI=1S/C82H164N8O5/c1-6-11-16-21-26-31-36-41-46-51-62-84-73-78(91)74-89(69-58-60-77(71-79(92)85-64-52-47-42-37-32-27-22-17-12-7-2)72-80(93)86-65-53-48-43-38-33-28-23-18-13-8-3)68-57-56-61-83-63-59-70-90(75-81(94)87-66-54-49-44-39-34-29-24-19-14-9-4)76-82(95)88-67-55-50-45-40-35-30-25-20-15-10-5/h77,83-84H,6-76H2,1-5H3,(H,85,92)(H,86,93)(H,87,94)(H,88,95). The predicted octanol–water partition coefficient (Wildman–Crippen LogP) is 19.8. The first-order chi connectivity index (χ1) is 46.7. The number of hydrogen-bond donors (Lipinski definition) is 6. The Hall–Kier alpha value is -2.61. The number of unbranched alkanes of at least 4 members (excludes halogenated alkanes) is 46. The minimum atomic E-state index is -0.0525. The summed E-state index contributed by atoms with van der Waals surface area (Å²) < 4.78 is 0. The van der Waals surface area contributed by atoms with Crippen LogP contribution in [0.4, 0.5) is 0 Å². The molecule has 0 bridgehead atoms. The maximum atomic E-state index is 13.6. The topological polar surface area (TPSA) is 164 Å². The quantitative estimate of drug-likeness (QED) is 0.0325. The molecule has 6 N–H and O–H groups in total. The summed E-state index contributed by atoms with van der Waals surface area (Å²) in [5.74, 6) is 0.266. The van der Waals surface area contributed by atoms with Crippen molar-refractivity contribution in [3.05, 3.63) is 0 Å². The lowest BCUT2D eigenvalue weighted by atomic mass is 9.94. The Balaban J connectivity index is 5.59. The van der Waals surface area contributed by atoms with E-state index in [1.165, 1.54) is 263 Å². The van der Waals surface area contributed by atoms with Crippen LogP contribution in [0.15, 0.2) is 0 Å². The summed E-state index contributed by atoms with van der Waals surface area (Å²) in [6.07, 6.45) is 68.5. The van der Waals surface area contributed by atoms with Crippen molar-refractivity contribution in [2.24, 2.45) is 5.92 Å². The molecule has 4 amide bonds. The number of Topliss-reactive ketones (excluding diaryl/α,β-unsaturated/α-hetero) is 1. The first-order valence-electron chi connectivity index (χ1n) is 42.1. The molecule has 0 aliphatic carbocycles. The second-order valence-electron chi connectivity index (χ2n) is 29.2. The minimum absolute atomic E-state index is 0.000387. The number of carbonyl (C=O) groups is 5. The van der Waals surface area contributed by atoms with Crippen molar-refractivity contribution in [1.29, 1.82) is 0 Å². The lowest BCUT2D eigenvalue weighted by Gasteiger charge is -2.23. The lowest BCUT2D eigenvalue weighted by Crippen LogP contribution is -2.44. The van der Waals surface area contributed by atoms with Gasteiger partial charge in [-0.3, -0.25) is 33.8 Å². The van der Waals surface area contributed by atoms with E-state index in [9.17, 15) is 24.0 Å². The van der Waals surface area contributed by atoms with Crippen LogP contribution in [0, 0.1) is 5.92 Å². The van der Waals surface area contributed by atoms with Crippen LogP contribution in [-0.4, -0.2) is 131 Å². The molecule has 0 aliphatic rings. The van der Waals surface area contributed by atoms with E-state index in [0.717, 1.165) is 123 Å². The highest BCUT2D eigenvalue weighted by atomic mass is 16.2. The minimum Gasteiger partial charge on any atom is -0.356 e. The molecule has 0 fully saturated rings. The molecule has 0 aromatic rings. The van der Waals surface area contributed by atoms with Crippen LogP contribution in [0.5, 0.6) is 0 Å². The molecule has 0 spiro atoms. The largest absolute Gasteiger partial charge is 0.356 e. The fraction of sp³-hybridized carbons (Fsp3) is 0.939. The van der Waals surface area contributed by atoms with E-state index in [1.807, 2.05) is 4.90 Å². The van der Waals surface area contributed by atoms with Gasteiger partial charge < -0.3 is 31.9 Å². The van der Waals surface area contributed by atoms with E-state index < -0.39 is 0 Å². The fourth-order valence-corrected chi connectivity index (χ4v) is 13.3. The summed E-state index contributed by atoms with van der Waals surface area (Å²) in [5.41, 5.74) is 0. The van der Waals surface area contributed by atoms with Crippen LogP contribution in [0.2, 0.25) is 0 Å². The van der Waals surface area contributed by atoms with E-state index in [2.05, 4.69) is 71.4 Å². The summed E-state index contributed by atoms with van der Waals surface area (Å²) in [6.45, 7) is 20.1. The Labute approximate surface area is 590 Å². The Kier molecular flexibility index (Phi) is 75.0. The van der Waals surface area contributed by atoms with E-state index in [0.29, 0.717) is 58.7 Å². The summed E-state index contributed by atoms with van der Waals surface area (Å²) in [5, 5.41) is 19.9. The Bertz CT molecular complexity index is 1560. The normalized spacial score (nSPS) is 11.6. The van der Waals surface area contributed by atoms with E-state index in [4.69, 9.17) is 0 Å². The van der Waals surface area contributed by atoms with Crippen LogP contribution in [0.1, 0.15) is 401 Å². The summed E-state index contributed by atoms with van der Waals surface area (Å²) >= 11 is 0. The number of hydrogen-bond acceptors (Lipinski definition) is 9. The van der Waals surface area contributed by atoms with Gasteiger partial charge in [-0.1, -0.05) is 324 Å². The SMILES string of the molecule is CCCCCCCCCCCCNCC(=O)CN(CCCCNCCCN(CC(=O)NCCCCCCCCCCCC)CC(=O)NCCCCCCCCCCCC)CCCC(CC(=O)NCCCCCCCCCCCC)CC(=O)NCCCCCCCCCCCC. The molecule has 0 atom stereocenters. The lowest BCUT2D eigenvalue weighted by molar-refractivity contribution is -0.126. The molecule has 0 saturated heterocycles. The van der Waals surface area contributed by atoms with Gasteiger partial charge in [0.05, 0.1) is 26.2 Å². The van der Waals surface area contributed by atoms with E-state index >= 15 is 0 Å². The molecule has 0 radical (unpaired) electrons. The maximum absolute atomic E-state index is 13.6. The smallest absolute Gasteiger partial charge is 0.234 e. The van der Waals surface area contributed by atoms with Gasteiger partial charge in [0, 0.05) is 45.6 Å². The molecule has 562 valence electrons. The van der Waals surface area contributed by atoms with Crippen LogP contribution in [0.3, 0.4) is 0 Å². The van der Waals surface area contributed by atoms with Crippen LogP contribution < -0.4 is 31.9 Å². The van der Waals surface area contributed by atoms with E-state index in [-0.39, 0.29) is 48.4 Å². The number of ketones is 1. The summed E-state index contributed by atoms with van der Waals surface area (Å²) in [4.78, 5) is 71.5. The van der Waals surface area contributed by atoms with Crippen molar-refractivity contribution in [3.8, 4) is 0 Å². The van der Waals surface area contributed by atoms with Crippen molar-refractivity contribution >= 4 is 29.4 Å². The molecule has 0 saturated carbocycles.